The van der Waals surface area contributed by atoms with Gasteiger partial charge in [-0.25, -0.2) is 0 Å². The first kappa shape index (κ1) is 11.2. The fourth-order valence-electron chi connectivity index (χ4n) is 1.59. The largest absolute Gasteiger partial charge is 0.393 e. The summed E-state index contributed by atoms with van der Waals surface area (Å²) in [5.41, 5.74) is 1.25. The van der Waals surface area contributed by atoms with Gasteiger partial charge in [-0.15, -0.1) is 0 Å². The maximum atomic E-state index is 9.59. The maximum Gasteiger partial charge on any atom is 0.0563 e. The van der Waals surface area contributed by atoms with Crippen LogP contribution >= 0.6 is 0 Å². The van der Waals surface area contributed by atoms with Gasteiger partial charge in [0.25, 0.3) is 0 Å². The number of rotatable bonds is 5. The highest BCUT2D eigenvalue weighted by atomic mass is 16.3. The van der Waals surface area contributed by atoms with Gasteiger partial charge in [0.15, 0.2) is 0 Å². The van der Waals surface area contributed by atoms with Crippen LogP contribution < -0.4 is 0 Å². The zero-order valence-corrected chi connectivity index (χ0v) is 9.27. The lowest BCUT2D eigenvalue weighted by Crippen LogP contribution is -2.16. The van der Waals surface area contributed by atoms with Crippen LogP contribution in [0.25, 0.3) is 0 Å². The van der Waals surface area contributed by atoms with Crippen molar-refractivity contribution in [2.75, 3.05) is 0 Å². The Morgan fingerprint density at radius 1 is 1.57 bits per heavy atom. The topological polar surface area (TPSA) is 38.1 Å². The van der Waals surface area contributed by atoms with E-state index in [4.69, 9.17) is 0 Å². The summed E-state index contributed by atoms with van der Waals surface area (Å²) in [5.74, 6) is 0.375. The highest BCUT2D eigenvalue weighted by molar-refractivity contribution is 5.03. The van der Waals surface area contributed by atoms with Crippen molar-refractivity contribution in [2.24, 2.45) is 13.0 Å². The SMILES string of the molecule is CCC(O)C(C)CCc1cnn(C)c1. The molecule has 0 aliphatic carbocycles. The zero-order chi connectivity index (χ0) is 10.6. The molecular formula is C11H20N2O. The molecule has 0 aliphatic heterocycles. The molecule has 2 unspecified atom stereocenters. The Hall–Kier alpha value is -0.830. The van der Waals surface area contributed by atoms with Gasteiger partial charge in [-0.05, 0) is 30.7 Å². The summed E-state index contributed by atoms with van der Waals surface area (Å²) >= 11 is 0. The normalized spacial score (nSPS) is 15.4. The van der Waals surface area contributed by atoms with Crippen molar-refractivity contribution in [1.29, 1.82) is 0 Å². The van der Waals surface area contributed by atoms with E-state index in [0.717, 1.165) is 19.3 Å². The first-order chi connectivity index (χ1) is 6.63. The van der Waals surface area contributed by atoms with E-state index in [-0.39, 0.29) is 6.10 Å². The minimum Gasteiger partial charge on any atom is -0.393 e. The van der Waals surface area contributed by atoms with Gasteiger partial charge in [0, 0.05) is 13.2 Å². The standard InChI is InChI=1S/C11H20N2O/c1-4-11(14)9(2)5-6-10-7-12-13(3)8-10/h7-9,11,14H,4-6H2,1-3H3. The highest BCUT2D eigenvalue weighted by Gasteiger charge is 2.11. The molecule has 0 saturated carbocycles. The van der Waals surface area contributed by atoms with E-state index in [9.17, 15) is 5.11 Å². The summed E-state index contributed by atoms with van der Waals surface area (Å²) in [6, 6.07) is 0. The lowest BCUT2D eigenvalue weighted by molar-refractivity contribution is 0.108. The number of aliphatic hydroxyl groups is 1. The zero-order valence-electron chi connectivity index (χ0n) is 9.27. The lowest BCUT2D eigenvalue weighted by atomic mass is 9.96. The van der Waals surface area contributed by atoms with Gasteiger partial charge < -0.3 is 5.11 Å². The van der Waals surface area contributed by atoms with E-state index >= 15 is 0 Å². The molecule has 3 heteroatoms. The number of hydrogen-bond donors (Lipinski definition) is 1. The van der Waals surface area contributed by atoms with Gasteiger partial charge in [0.1, 0.15) is 0 Å². The third-order valence-electron chi connectivity index (χ3n) is 2.72. The molecule has 1 heterocycles. The van der Waals surface area contributed by atoms with Crippen molar-refractivity contribution in [2.45, 2.75) is 39.2 Å². The average molecular weight is 196 g/mol. The summed E-state index contributed by atoms with van der Waals surface area (Å²) < 4.78 is 1.82. The van der Waals surface area contributed by atoms with Crippen molar-refractivity contribution in [1.82, 2.24) is 9.78 Å². The number of hydrogen-bond acceptors (Lipinski definition) is 2. The molecule has 14 heavy (non-hydrogen) atoms. The molecule has 2 atom stereocenters. The average Bonchev–Trinajstić information content (AvgIpc) is 2.59. The summed E-state index contributed by atoms with van der Waals surface area (Å²) in [5, 5.41) is 13.7. The van der Waals surface area contributed by atoms with E-state index in [2.05, 4.69) is 12.0 Å². The number of aliphatic hydroxyl groups excluding tert-OH is 1. The van der Waals surface area contributed by atoms with Crippen LogP contribution in [-0.4, -0.2) is 21.0 Å². The molecule has 0 aromatic carbocycles. The predicted octanol–water partition coefficient (Wildman–Crippen LogP) is 1.76. The molecule has 1 N–H and O–H groups in total. The van der Waals surface area contributed by atoms with Crippen molar-refractivity contribution in [3.63, 3.8) is 0 Å². The van der Waals surface area contributed by atoms with E-state index in [1.165, 1.54) is 5.56 Å². The van der Waals surface area contributed by atoms with Crippen LogP contribution in [0.1, 0.15) is 32.3 Å². The highest BCUT2D eigenvalue weighted by Crippen LogP contribution is 2.14. The molecule has 1 rings (SSSR count). The third-order valence-corrected chi connectivity index (χ3v) is 2.72. The van der Waals surface area contributed by atoms with Crippen LogP contribution in [-0.2, 0) is 13.5 Å². The molecule has 0 aliphatic rings. The van der Waals surface area contributed by atoms with E-state index in [0.29, 0.717) is 5.92 Å². The third kappa shape index (κ3) is 3.14. The lowest BCUT2D eigenvalue weighted by Gasteiger charge is -2.16. The molecule has 0 amide bonds. The maximum absolute atomic E-state index is 9.59. The fraction of sp³-hybridized carbons (Fsp3) is 0.727. The Kier molecular flexibility index (Phi) is 4.14. The van der Waals surface area contributed by atoms with E-state index < -0.39 is 0 Å². The molecule has 1 aromatic heterocycles. The summed E-state index contributed by atoms with van der Waals surface area (Å²) in [4.78, 5) is 0. The van der Waals surface area contributed by atoms with E-state index in [1.807, 2.05) is 31.0 Å². The first-order valence-corrected chi connectivity index (χ1v) is 5.29. The Morgan fingerprint density at radius 3 is 2.79 bits per heavy atom. The predicted molar refractivity (Wildman–Crippen MR) is 57.0 cm³/mol. The van der Waals surface area contributed by atoms with Crippen molar-refractivity contribution >= 4 is 0 Å². The fourth-order valence-corrected chi connectivity index (χ4v) is 1.59. The molecule has 0 bridgehead atoms. The van der Waals surface area contributed by atoms with Crippen molar-refractivity contribution < 1.29 is 5.11 Å². The molecule has 0 saturated heterocycles. The van der Waals surface area contributed by atoms with Gasteiger partial charge >= 0.3 is 0 Å². The Morgan fingerprint density at radius 2 is 2.29 bits per heavy atom. The minimum atomic E-state index is -0.160. The summed E-state index contributed by atoms with van der Waals surface area (Å²) in [6.45, 7) is 4.12. The van der Waals surface area contributed by atoms with Crippen LogP contribution in [0, 0.1) is 5.92 Å². The van der Waals surface area contributed by atoms with Crippen LogP contribution in [0.2, 0.25) is 0 Å². The molecule has 0 fully saturated rings. The van der Waals surface area contributed by atoms with Crippen LogP contribution in [0.15, 0.2) is 12.4 Å². The molecule has 3 nitrogen and oxygen atoms in total. The summed E-state index contributed by atoms with van der Waals surface area (Å²) in [6.07, 6.45) is 6.64. The second-order valence-corrected chi connectivity index (χ2v) is 4.01. The second-order valence-electron chi connectivity index (χ2n) is 4.01. The van der Waals surface area contributed by atoms with Crippen molar-refractivity contribution in [3.8, 4) is 0 Å². The minimum absolute atomic E-state index is 0.160. The monoisotopic (exact) mass is 196 g/mol. The van der Waals surface area contributed by atoms with Crippen molar-refractivity contribution in [3.05, 3.63) is 18.0 Å². The number of aromatic nitrogens is 2. The van der Waals surface area contributed by atoms with Gasteiger partial charge in [0.2, 0.25) is 0 Å². The Labute approximate surface area is 85.8 Å². The smallest absolute Gasteiger partial charge is 0.0563 e. The Bertz CT molecular complexity index is 270. The molecule has 0 spiro atoms. The molecule has 80 valence electrons. The van der Waals surface area contributed by atoms with Gasteiger partial charge in [-0.2, -0.15) is 5.10 Å². The first-order valence-electron chi connectivity index (χ1n) is 5.29. The summed E-state index contributed by atoms with van der Waals surface area (Å²) in [7, 11) is 1.92. The van der Waals surface area contributed by atoms with Crippen LogP contribution in [0.4, 0.5) is 0 Å². The van der Waals surface area contributed by atoms with Gasteiger partial charge in [-0.3, -0.25) is 4.68 Å². The molecule has 0 radical (unpaired) electrons. The van der Waals surface area contributed by atoms with Gasteiger partial charge in [-0.1, -0.05) is 13.8 Å². The Balaban J connectivity index is 2.33. The number of aryl methyl sites for hydroxylation is 2. The van der Waals surface area contributed by atoms with Crippen LogP contribution in [0.3, 0.4) is 0 Å². The molecule has 1 aromatic rings. The quantitative estimate of drug-likeness (QED) is 0.779. The second kappa shape index (κ2) is 5.15. The number of nitrogens with zero attached hydrogens (tertiary/aromatic N) is 2. The molecular weight excluding hydrogens is 176 g/mol. The van der Waals surface area contributed by atoms with Crippen LogP contribution in [0.5, 0.6) is 0 Å². The van der Waals surface area contributed by atoms with E-state index in [1.54, 1.807) is 0 Å². The van der Waals surface area contributed by atoms with Gasteiger partial charge in [0.05, 0.1) is 12.3 Å².